The standard InChI is InChI=1S/6C10H22.ClH.Mn/c6*1-3-5-7-9-10-8-6-4-2;;/h6*3-10H2,1-2H3;1H;. The summed E-state index contributed by atoms with van der Waals surface area (Å²) in [5.74, 6) is 0. The topological polar surface area (TPSA) is 0 Å². The van der Waals surface area contributed by atoms with Gasteiger partial charge in [-0.25, -0.2) is 0 Å². The Morgan fingerprint density at radius 3 is 0.210 bits per heavy atom. The minimum absolute atomic E-state index is 0. The molecule has 0 atom stereocenters. The van der Waals surface area contributed by atoms with E-state index in [9.17, 15) is 0 Å². The Morgan fingerprint density at radius 2 is 0.161 bits per heavy atom. The van der Waals surface area contributed by atoms with Crippen molar-refractivity contribution in [2.24, 2.45) is 0 Å². The smallest absolute Gasteiger partial charge is 0 e. The predicted octanol–water partition coefficient (Wildman–Crippen LogP) is 25.3. The second kappa shape index (κ2) is 95.9. The minimum atomic E-state index is 0. The fourth-order valence-electron chi connectivity index (χ4n) is 7.24. The van der Waals surface area contributed by atoms with E-state index in [1.165, 1.54) is 308 Å². The molecule has 0 aromatic carbocycles. The summed E-state index contributed by atoms with van der Waals surface area (Å²) >= 11 is 0. The third-order valence-corrected chi connectivity index (χ3v) is 11.7. The Hall–Kier alpha value is 0.809. The summed E-state index contributed by atoms with van der Waals surface area (Å²) in [7, 11) is 0. The van der Waals surface area contributed by atoms with Gasteiger partial charge in [0.25, 0.3) is 0 Å². The zero-order chi connectivity index (χ0) is 45.9. The fourth-order valence-corrected chi connectivity index (χ4v) is 7.24. The number of halogens is 1. The molecule has 0 unspecified atom stereocenters. The minimum Gasteiger partial charge on any atom is -0.147 e. The first-order valence-electron chi connectivity index (χ1n) is 29.5. The van der Waals surface area contributed by atoms with Crippen LogP contribution in [0.25, 0.3) is 0 Å². The largest absolute Gasteiger partial charge is 0.147 e. The van der Waals surface area contributed by atoms with Gasteiger partial charge in [0, 0.05) is 17.1 Å². The van der Waals surface area contributed by atoms with Crippen molar-refractivity contribution in [3.05, 3.63) is 0 Å². The summed E-state index contributed by atoms with van der Waals surface area (Å²) < 4.78 is 0. The van der Waals surface area contributed by atoms with Crippen LogP contribution in [0, 0.1) is 0 Å². The second-order valence-electron chi connectivity index (χ2n) is 18.7. The van der Waals surface area contributed by atoms with Crippen molar-refractivity contribution < 1.29 is 17.1 Å². The van der Waals surface area contributed by atoms with Crippen LogP contribution in [0.15, 0.2) is 0 Å². The maximum absolute atomic E-state index is 2.27. The summed E-state index contributed by atoms with van der Waals surface area (Å²) in [5, 5.41) is 0. The van der Waals surface area contributed by atoms with Crippen LogP contribution in [0.3, 0.4) is 0 Å². The molecule has 0 bridgehead atoms. The van der Waals surface area contributed by atoms with Crippen LogP contribution < -0.4 is 0 Å². The number of hydrogen-bond donors (Lipinski definition) is 0. The van der Waals surface area contributed by atoms with Crippen molar-refractivity contribution >= 4 is 12.4 Å². The summed E-state index contributed by atoms with van der Waals surface area (Å²) in [6.07, 6.45) is 68.8. The summed E-state index contributed by atoms with van der Waals surface area (Å²) in [6, 6.07) is 0. The fraction of sp³-hybridized carbons (Fsp3) is 1.00. The zero-order valence-corrected chi connectivity index (χ0v) is 48.7. The molecule has 0 fully saturated rings. The average molecular weight is 945 g/mol. The molecule has 0 aliphatic rings. The summed E-state index contributed by atoms with van der Waals surface area (Å²) in [4.78, 5) is 0. The Kier molecular flexibility index (Phi) is 124. The van der Waals surface area contributed by atoms with E-state index >= 15 is 0 Å². The van der Waals surface area contributed by atoms with Crippen molar-refractivity contribution in [1.82, 2.24) is 0 Å². The molecule has 1 radical (unpaired) electrons. The summed E-state index contributed by atoms with van der Waals surface area (Å²) in [6.45, 7) is 27.2. The average Bonchev–Trinajstić information content (AvgIpc) is 3.27. The molecule has 0 aliphatic carbocycles. The van der Waals surface area contributed by atoms with Crippen LogP contribution in [0.4, 0.5) is 0 Å². The van der Waals surface area contributed by atoms with Gasteiger partial charge < -0.3 is 0 Å². The molecule has 0 aromatic heterocycles. The van der Waals surface area contributed by atoms with Gasteiger partial charge in [-0.1, -0.05) is 391 Å². The number of rotatable bonds is 42. The van der Waals surface area contributed by atoms with E-state index in [1.807, 2.05) is 0 Å². The molecule has 0 aromatic rings. The van der Waals surface area contributed by atoms with E-state index in [1.54, 1.807) is 0 Å². The number of hydrogen-bond acceptors (Lipinski definition) is 0. The molecular formula is C60H133ClMn. The van der Waals surface area contributed by atoms with Gasteiger partial charge >= 0.3 is 0 Å². The Balaban J connectivity index is -0.0000000935. The molecule has 2 heteroatoms. The molecule has 0 saturated heterocycles. The third kappa shape index (κ3) is 119. The zero-order valence-electron chi connectivity index (χ0n) is 46.7. The van der Waals surface area contributed by atoms with Crippen molar-refractivity contribution in [1.29, 1.82) is 0 Å². The Labute approximate surface area is 418 Å². The van der Waals surface area contributed by atoms with E-state index in [2.05, 4.69) is 83.1 Å². The molecule has 62 heavy (non-hydrogen) atoms. The van der Waals surface area contributed by atoms with E-state index in [0.29, 0.717) is 0 Å². The van der Waals surface area contributed by atoms with Gasteiger partial charge in [0.1, 0.15) is 0 Å². The van der Waals surface area contributed by atoms with E-state index in [-0.39, 0.29) is 29.5 Å². The van der Waals surface area contributed by atoms with Crippen LogP contribution >= 0.6 is 12.4 Å². The maximum atomic E-state index is 2.27. The summed E-state index contributed by atoms with van der Waals surface area (Å²) in [5.41, 5.74) is 0. The van der Waals surface area contributed by atoms with E-state index < -0.39 is 0 Å². The quantitative estimate of drug-likeness (QED) is 0.0423. The molecule has 387 valence electrons. The SMILES string of the molecule is CCCCCCCCCC.CCCCCCCCCC.CCCCCCCCCC.CCCCCCCCCC.CCCCCCCCCC.CCCCCCCCCC.Cl.[Mn]. The van der Waals surface area contributed by atoms with Gasteiger partial charge in [0.05, 0.1) is 0 Å². The molecule has 0 saturated carbocycles. The van der Waals surface area contributed by atoms with Crippen molar-refractivity contribution in [3.63, 3.8) is 0 Å². The second-order valence-corrected chi connectivity index (χ2v) is 18.7. The first-order chi connectivity index (χ1) is 29.5. The third-order valence-electron chi connectivity index (χ3n) is 11.7. The molecule has 0 aliphatic heterocycles. The van der Waals surface area contributed by atoms with Gasteiger partial charge in [-0.15, -0.1) is 12.4 Å². The van der Waals surface area contributed by atoms with Crippen molar-refractivity contribution in [2.45, 2.75) is 391 Å². The van der Waals surface area contributed by atoms with Crippen LogP contribution in [-0.4, -0.2) is 0 Å². The molecule has 0 spiro atoms. The van der Waals surface area contributed by atoms with Crippen molar-refractivity contribution in [3.8, 4) is 0 Å². The van der Waals surface area contributed by atoms with Gasteiger partial charge in [0.2, 0.25) is 0 Å². The van der Waals surface area contributed by atoms with Crippen LogP contribution in [0.5, 0.6) is 0 Å². The maximum Gasteiger partial charge on any atom is 0 e. The van der Waals surface area contributed by atoms with Crippen molar-refractivity contribution in [2.75, 3.05) is 0 Å². The van der Waals surface area contributed by atoms with Crippen LogP contribution in [-0.2, 0) is 17.1 Å². The Morgan fingerprint density at radius 1 is 0.113 bits per heavy atom. The molecule has 0 nitrogen and oxygen atoms in total. The van der Waals surface area contributed by atoms with Gasteiger partial charge in [0.15, 0.2) is 0 Å². The molecule has 0 amide bonds. The van der Waals surface area contributed by atoms with E-state index in [4.69, 9.17) is 0 Å². The molecular weight excluding hydrogens is 811 g/mol. The predicted molar refractivity (Wildman–Crippen MR) is 297 cm³/mol. The molecule has 0 heterocycles. The molecule has 0 rings (SSSR count). The molecule has 0 N–H and O–H groups in total. The normalized spacial score (nSPS) is 9.87. The van der Waals surface area contributed by atoms with E-state index in [0.717, 1.165) is 0 Å². The first-order valence-corrected chi connectivity index (χ1v) is 29.5. The Bertz CT molecular complexity index is 379. The monoisotopic (exact) mass is 944 g/mol. The van der Waals surface area contributed by atoms with Gasteiger partial charge in [-0.3, -0.25) is 0 Å². The van der Waals surface area contributed by atoms with Crippen LogP contribution in [0.2, 0.25) is 0 Å². The van der Waals surface area contributed by atoms with Gasteiger partial charge in [-0.05, 0) is 0 Å². The first kappa shape index (κ1) is 79.9. The number of unbranched alkanes of at least 4 members (excludes halogenated alkanes) is 42. The van der Waals surface area contributed by atoms with Crippen LogP contribution in [0.1, 0.15) is 391 Å². The van der Waals surface area contributed by atoms with Gasteiger partial charge in [-0.2, -0.15) is 0 Å².